The van der Waals surface area contributed by atoms with Gasteiger partial charge in [-0.25, -0.2) is 0 Å². The molecule has 0 bridgehead atoms. The number of hydrogen-bond acceptors (Lipinski definition) is 9. The molecule has 4 aliphatic rings. The quantitative estimate of drug-likeness (QED) is 0.476. The van der Waals surface area contributed by atoms with E-state index >= 15 is 0 Å². The minimum atomic E-state index is -0.220. The van der Waals surface area contributed by atoms with Crippen molar-refractivity contribution in [2.24, 2.45) is 0 Å². The maximum atomic E-state index is 12.5. The lowest BCUT2D eigenvalue weighted by Gasteiger charge is -2.43. The Labute approximate surface area is 242 Å². The molecule has 6 rings (SSSR count). The van der Waals surface area contributed by atoms with Crippen LogP contribution in [0.15, 0.2) is 36.9 Å². The fraction of sp³-hybridized carbons (Fsp3) is 0.548. The van der Waals surface area contributed by atoms with Crippen LogP contribution in [0.5, 0.6) is 11.8 Å². The van der Waals surface area contributed by atoms with Gasteiger partial charge in [0.05, 0.1) is 36.5 Å². The van der Waals surface area contributed by atoms with Crippen LogP contribution in [0.25, 0.3) is 0 Å². The average molecular weight is 558 g/mol. The van der Waals surface area contributed by atoms with Gasteiger partial charge in [-0.1, -0.05) is 18.7 Å². The Kier molecular flexibility index (Phi) is 7.97. The molecule has 1 amide bonds. The number of nitrogens with zero attached hydrogens (tertiary/aromatic N) is 7. The average Bonchev–Trinajstić information content (AvgIpc) is 3.43. The second-order valence-electron chi connectivity index (χ2n) is 11.4. The third kappa shape index (κ3) is 5.55. The minimum absolute atomic E-state index is 0.132. The molecule has 0 N–H and O–H groups in total. The monoisotopic (exact) mass is 557 g/mol. The first-order valence-electron chi connectivity index (χ1n) is 14.8. The third-order valence-corrected chi connectivity index (χ3v) is 9.06. The standard InChI is InChI=1S/C31H39N7O3/c1-3-29(39)38-16-15-36(20-23(38)12-13-32)30-25-11-10-22(37-17-18-40-28-9-5-4-8-27(28)37)19-26(25)33-31(34-30)41-21-24-7-6-14-35(24)2/h3-5,8-9,22-24H,1,6-7,10-12,14-21H2,2H3/t22-,23-,24-/m0/s1. The van der Waals surface area contributed by atoms with Gasteiger partial charge in [0, 0.05) is 43.7 Å². The lowest BCUT2D eigenvalue weighted by atomic mass is 9.90. The van der Waals surface area contributed by atoms with Crippen molar-refractivity contribution in [3.63, 3.8) is 0 Å². The van der Waals surface area contributed by atoms with Crippen LogP contribution in [0.3, 0.4) is 0 Å². The van der Waals surface area contributed by atoms with Crippen molar-refractivity contribution in [1.82, 2.24) is 19.8 Å². The molecule has 1 aliphatic carbocycles. The Morgan fingerprint density at radius 3 is 2.88 bits per heavy atom. The summed E-state index contributed by atoms with van der Waals surface area (Å²) >= 11 is 0. The van der Waals surface area contributed by atoms with E-state index in [-0.39, 0.29) is 18.4 Å². The highest BCUT2D eigenvalue weighted by atomic mass is 16.5. The van der Waals surface area contributed by atoms with E-state index in [9.17, 15) is 10.1 Å². The number of hydrogen-bond donors (Lipinski definition) is 0. The molecule has 1 aromatic carbocycles. The molecule has 0 unspecified atom stereocenters. The lowest BCUT2D eigenvalue weighted by Crippen LogP contribution is -2.55. The molecule has 2 saturated heterocycles. The molecule has 1 aromatic heterocycles. The van der Waals surface area contributed by atoms with Crippen LogP contribution in [0.4, 0.5) is 11.5 Å². The predicted octanol–water partition coefficient (Wildman–Crippen LogP) is 2.82. The second kappa shape index (κ2) is 12.0. The number of fused-ring (bicyclic) bond motifs is 2. The first kappa shape index (κ1) is 27.3. The van der Waals surface area contributed by atoms with E-state index < -0.39 is 0 Å². The van der Waals surface area contributed by atoms with Crippen molar-refractivity contribution in [2.45, 2.75) is 56.7 Å². The maximum absolute atomic E-state index is 12.5. The number of amides is 1. The zero-order valence-electron chi connectivity index (χ0n) is 23.9. The summed E-state index contributed by atoms with van der Waals surface area (Å²) in [6, 6.07) is 11.4. The Bertz CT molecular complexity index is 1330. The fourth-order valence-corrected chi connectivity index (χ4v) is 6.81. The highest BCUT2D eigenvalue weighted by molar-refractivity contribution is 5.87. The van der Waals surface area contributed by atoms with E-state index in [2.05, 4.69) is 46.5 Å². The largest absolute Gasteiger partial charge is 0.490 e. The molecule has 0 spiro atoms. The topological polar surface area (TPSA) is 98.1 Å². The van der Waals surface area contributed by atoms with Crippen molar-refractivity contribution >= 4 is 17.4 Å². The zero-order valence-corrected chi connectivity index (χ0v) is 23.9. The van der Waals surface area contributed by atoms with Gasteiger partial charge in [-0.15, -0.1) is 0 Å². The van der Waals surface area contributed by atoms with Crippen molar-refractivity contribution in [3.05, 3.63) is 48.2 Å². The van der Waals surface area contributed by atoms with Gasteiger partial charge in [0.1, 0.15) is 24.8 Å². The summed E-state index contributed by atoms with van der Waals surface area (Å²) in [7, 11) is 2.14. The summed E-state index contributed by atoms with van der Waals surface area (Å²) < 4.78 is 12.2. The van der Waals surface area contributed by atoms with Crippen molar-refractivity contribution in [2.75, 3.05) is 62.8 Å². The van der Waals surface area contributed by atoms with E-state index in [0.29, 0.717) is 50.9 Å². The van der Waals surface area contributed by atoms with Gasteiger partial charge in [0.2, 0.25) is 5.91 Å². The highest BCUT2D eigenvalue weighted by Gasteiger charge is 2.35. The number of para-hydroxylation sites is 2. The number of likely N-dealkylation sites (N-methyl/N-ethyl adjacent to an activating group) is 1. The summed E-state index contributed by atoms with van der Waals surface area (Å²) in [5.74, 6) is 1.69. The van der Waals surface area contributed by atoms with Crippen molar-refractivity contribution in [1.29, 1.82) is 5.26 Å². The summed E-state index contributed by atoms with van der Waals surface area (Å²) in [6.45, 7) is 8.52. The van der Waals surface area contributed by atoms with Gasteiger partial charge in [-0.2, -0.15) is 15.2 Å². The molecule has 10 nitrogen and oxygen atoms in total. The van der Waals surface area contributed by atoms with Gasteiger partial charge in [0.25, 0.3) is 0 Å². The normalized spacial score (nSPS) is 24.2. The Balaban J connectivity index is 1.29. The Morgan fingerprint density at radius 1 is 1.20 bits per heavy atom. The van der Waals surface area contributed by atoms with Crippen LogP contribution in [-0.2, 0) is 17.6 Å². The Hall–Kier alpha value is -3.84. The van der Waals surface area contributed by atoms with Crippen LogP contribution in [-0.4, -0.2) is 96.8 Å². The fourth-order valence-electron chi connectivity index (χ4n) is 6.81. The molecular formula is C31H39N7O3. The highest BCUT2D eigenvalue weighted by Crippen LogP contribution is 2.38. The first-order chi connectivity index (χ1) is 20.1. The van der Waals surface area contributed by atoms with Crippen LogP contribution < -0.4 is 19.3 Å². The number of likely N-dealkylation sites (tertiary alicyclic amines) is 1. The molecule has 3 atom stereocenters. The van der Waals surface area contributed by atoms with Crippen LogP contribution >= 0.6 is 0 Å². The maximum Gasteiger partial charge on any atom is 0.318 e. The van der Waals surface area contributed by atoms with E-state index in [4.69, 9.17) is 19.4 Å². The van der Waals surface area contributed by atoms with Gasteiger partial charge < -0.3 is 29.1 Å². The number of carbonyl (C=O) groups excluding carboxylic acids is 1. The number of rotatable bonds is 7. The van der Waals surface area contributed by atoms with E-state index in [0.717, 1.165) is 67.3 Å². The molecule has 3 aliphatic heterocycles. The molecule has 0 radical (unpaired) electrons. The predicted molar refractivity (Wildman–Crippen MR) is 156 cm³/mol. The molecule has 216 valence electrons. The smallest absolute Gasteiger partial charge is 0.318 e. The molecule has 2 fully saturated rings. The van der Waals surface area contributed by atoms with E-state index in [1.807, 2.05) is 12.1 Å². The van der Waals surface area contributed by atoms with Crippen LogP contribution in [0.1, 0.15) is 36.9 Å². The summed E-state index contributed by atoms with van der Waals surface area (Å²) in [6.07, 6.45) is 6.53. The van der Waals surface area contributed by atoms with Crippen LogP contribution in [0.2, 0.25) is 0 Å². The van der Waals surface area contributed by atoms with Crippen molar-refractivity contribution < 1.29 is 14.3 Å². The molecule has 2 aromatic rings. The minimum Gasteiger partial charge on any atom is -0.490 e. The third-order valence-electron chi connectivity index (χ3n) is 9.06. The SMILES string of the molecule is C=CC(=O)N1CCN(c2nc(OC[C@@H]3CCCN3C)nc3c2CC[C@H](N2CCOc4ccccc42)C3)C[C@@H]1CC#N. The molecule has 41 heavy (non-hydrogen) atoms. The number of nitriles is 1. The number of anilines is 2. The summed E-state index contributed by atoms with van der Waals surface area (Å²) in [5.41, 5.74) is 3.34. The molecular weight excluding hydrogens is 518 g/mol. The van der Waals surface area contributed by atoms with Gasteiger partial charge in [-0.05, 0) is 57.5 Å². The molecule has 10 heteroatoms. The van der Waals surface area contributed by atoms with Crippen LogP contribution in [0, 0.1) is 11.3 Å². The zero-order chi connectivity index (χ0) is 28.3. The number of piperazine rings is 1. The molecule has 4 heterocycles. The lowest BCUT2D eigenvalue weighted by molar-refractivity contribution is -0.128. The number of carbonyl (C=O) groups is 1. The van der Waals surface area contributed by atoms with E-state index in [1.54, 1.807) is 4.90 Å². The van der Waals surface area contributed by atoms with E-state index in [1.165, 1.54) is 12.5 Å². The first-order valence-corrected chi connectivity index (χ1v) is 14.8. The summed E-state index contributed by atoms with van der Waals surface area (Å²) in [4.78, 5) is 31.3. The van der Waals surface area contributed by atoms with Gasteiger partial charge in [0.15, 0.2) is 0 Å². The number of ether oxygens (including phenoxy) is 2. The van der Waals surface area contributed by atoms with Gasteiger partial charge in [-0.3, -0.25) is 4.79 Å². The van der Waals surface area contributed by atoms with Gasteiger partial charge >= 0.3 is 6.01 Å². The van der Waals surface area contributed by atoms with Crippen molar-refractivity contribution in [3.8, 4) is 17.8 Å². The second-order valence-corrected chi connectivity index (χ2v) is 11.4. The molecule has 0 saturated carbocycles. The Morgan fingerprint density at radius 2 is 2.07 bits per heavy atom. The summed E-state index contributed by atoms with van der Waals surface area (Å²) in [5, 5.41) is 9.51. The number of aromatic nitrogens is 2. The number of benzene rings is 1.